The van der Waals surface area contributed by atoms with Crippen LogP contribution in [0.3, 0.4) is 0 Å². The molecule has 2 atom stereocenters. The van der Waals surface area contributed by atoms with Gasteiger partial charge in [-0.25, -0.2) is 0 Å². The quantitative estimate of drug-likeness (QED) is 0.619. The maximum absolute atomic E-state index is 6.40. The second-order valence-corrected chi connectivity index (χ2v) is 14.5. The molecule has 1 saturated carbocycles. The summed E-state index contributed by atoms with van der Waals surface area (Å²) in [5.74, 6) is 0.428. The highest BCUT2D eigenvalue weighted by Crippen LogP contribution is 2.49. The highest BCUT2D eigenvalue weighted by molar-refractivity contribution is 7.02. The van der Waals surface area contributed by atoms with Crippen molar-refractivity contribution in [3.8, 4) is 0 Å². The van der Waals surface area contributed by atoms with Crippen LogP contribution in [0.4, 0.5) is 0 Å². The number of benzene rings is 2. The van der Waals surface area contributed by atoms with Crippen LogP contribution >= 0.6 is 0 Å². The fraction of sp³-hybridized carbons (Fsp3) is 0.462. The van der Waals surface area contributed by atoms with Crippen molar-refractivity contribution in [1.82, 2.24) is 0 Å². The molecule has 0 radical (unpaired) electrons. The normalized spacial score (nSPS) is 25.4. The Morgan fingerprint density at radius 2 is 1.33 bits per heavy atom. The van der Waals surface area contributed by atoms with Gasteiger partial charge >= 0.3 is 7.12 Å². The van der Waals surface area contributed by atoms with Crippen LogP contribution in [-0.2, 0) is 9.31 Å². The fourth-order valence-electron chi connectivity index (χ4n) is 5.43. The van der Waals surface area contributed by atoms with Crippen molar-refractivity contribution in [3.63, 3.8) is 0 Å². The first-order chi connectivity index (χ1) is 14.2. The molecule has 1 aliphatic heterocycles. The third kappa shape index (κ3) is 3.53. The van der Waals surface area contributed by atoms with E-state index in [4.69, 9.17) is 9.31 Å². The van der Waals surface area contributed by atoms with E-state index in [9.17, 15) is 0 Å². The maximum Gasteiger partial charge on any atom is 0.490 e. The van der Waals surface area contributed by atoms with Crippen molar-refractivity contribution < 1.29 is 9.31 Å². The topological polar surface area (TPSA) is 18.5 Å². The highest BCUT2D eigenvalue weighted by Gasteiger charge is 2.55. The minimum Gasteiger partial charge on any atom is -0.400 e. The average molecular weight is 418 g/mol. The smallest absolute Gasteiger partial charge is 0.400 e. The maximum atomic E-state index is 6.40. The molecule has 0 unspecified atom stereocenters. The zero-order valence-corrected chi connectivity index (χ0v) is 20.2. The van der Waals surface area contributed by atoms with E-state index in [-0.39, 0.29) is 18.3 Å². The Balaban J connectivity index is 1.71. The number of rotatable bonds is 5. The molecule has 4 heteroatoms. The zero-order chi connectivity index (χ0) is 21.6. The van der Waals surface area contributed by atoms with E-state index >= 15 is 0 Å². The lowest BCUT2D eigenvalue weighted by Gasteiger charge is -2.39. The molecule has 0 amide bonds. The summed E-state index contributed by atoms with van der Waals surface area (Å²) in [4.78, 5) is 0. The first kappa shape index (κ1) is 21.6. The van der Waals surface area contributed by atoms with Crippen LogP contribution in [0.5, 0.6) is 0 Å². The van der Waals surface area contributed by atoms with Gasteiger partial charge in [0.15, 0.2) is 0 Å². The lowest BCUT2D eigenvalue weighted by molar-refractivity contribution is 0.00578. The minimum absolute atomic E-state index is 0.314. The minimum atomic E-state index is -1.99. The molecule has 30 heavy (non-hydrogen) atoms. The van der Waals surface area contributed by atoms with E-state index < -0.39 is 8.07 Å². The van der Waals surface area contributed by atoms with Crippen LogP contribution in [0.15, 0.2) is 72.7 Å². The van der Waals surface area contributed by atoms with Crippen molar-refractivity contribution in [1.29, 1.82) is 0 Å². The molecule has 2 aromatic carbocycles. The Hall–Kier alpha value is -1.62. The molecule has 4 rings (SSSR count). The Bertz CT molecular complexity index is 838. The summed E-state index contributed by atoms with van der Waals surface area (Å²) in [6, 6.07) is 22.4. The van der Waals surface area contributed by atoms with E-state index in [1.54, 1.807) is 0 Å². The molecule has 0 spiro atoms. The summed E-state index contributed by atoms with van der Waals surface area (Å²) >= 11 is 0. The molecule has 2 aliphatic rings. The van der Waals surface area contributed by atoms with Crippen LogP contribution in [0, 0.1) is 5.92 Å². The molecule has 1 saturated heterocycles. The van der Waals surface area contributed by atoms with Gasteiger partial charge in [-0.2, -0.15) is 0 Å². The fourth-order valence-corrected chi connectivity index (χ4v) is 10.4. The van der Waals surface area contributed by atoms with E-state index in [1.165, 1.54) is 29.6 Å². The molecule has 0 N–H and O–H groups in total. The predicted molar refractivity (Wildman–Crippen MR) is 130 cm³/mol. The monoisotopic (exact) mass is 418 g/mol. The lowest BCUT2D eigenvalue weighted by Crippen LogP contribution is -2.60. The Morgan fingerprint density at radius 3 is 1.80 bits per heavy atom. The van der Waals surface area contributed by atoms with Crippen LogP contribution in [-0.4, -0.2) is 26.4 Å². The van der Waals surface area contributed by atoms with Crippen molar-refractivity contribution in [2.24, 2.45) is 5.92 Å². The molecule has 2 fully saturated rings. The van der Waals surface area contributed by atoms with Crippen LogP contribution < -0.4 is 10.4 Å². The van der Waals surface area contributed by atoms with Crippen molar-refractivity contribution in [2.75, 3.05) is 0 Å². The summed E-state index contributed by atoms with van der Waals surface area (Å²) in [5.41, 5.74) is 1.08. The average Bonchev–Trinajstić information content (AvgIpc) is 3.31. The first-order valence-corrected chi connectivity index (χ1v) is 13.9. The third-order valence-electron chi connectivity index (χ3n) is 8.04. The SMILES string of the molecule is C=C(B1OC(C)(C)C(C)(C)O1)[C@@H]1CCC[C@@H]1[Si](C)(c1ccccc1)c1ccccc1. The van der Waals surface area contributed by atoms with Gasteiger partial charge in [0.05, 0.1) is 11.2 Å². The van der Waals surface area contributed by atoms with Gasteiger partial charge in [-0.1, -0.05) is 90.4 Å². The van der Waals surface area contributed by atoms with Crippen LogP contribution in [0.1, 0.15) is 47.0 Å². The van der Waals surface area contributed by atoms with Gasteiger partial charge in [0.25, 0.3) is 0 Å². The van der Waals surface area contributed by atoms with E-state index in [0.717, 1.165) is 5.47 Å². The van der Waals surface area contributed by atoms with E-state index in [0.29, 0.717) is 11.5 Å². The van der Waals surface area contributed by atoms with Crippen molar-refractivity contribution >= 4 is 25.6 Å². The first-order valence-electron chi connectivity index (χ1n) is 11.3. The Kier molecular flexibility index (Phi) is 5.63. The molecule has 2 aromatic rings. The van der Waals surface area contributed by atoms with Crippen LogP contribution in [0.2, 0.25) is 12.1 Å². The number of allylic oxidation sites excluding steroid dienone is 1. The predicted octanol–water partition coefficient (Wildman–Crippen LogP) is 5.24. The highest BCUT2D eigenvalue weighted by atomic mass is 28.3. The van der Waals surface area contributed by atoms with Gasteiger partial charge in [-0.15, -0.1) is 6.58 Å². The summed E-state index contributed by atoms with van der Waals surface area (Å²) in [6.45, 7) is 15.6. The zero-order valence-electron chi connectivity index (χ0n) is 19.2. The number of hydrogen-bond donors (Lipinski definition) is 0. The Morgan fingerprint density at radius 1 is 0.867 bits per heavy atom. The van der Waals surface area contributed by atoms with Crippen molar-refractivity contribution in [2.45, 2.75) is 70.2 Å². The number of hydrogen-bond acceptors (Lipinski definition) is 2. The molecular formula is C26H35BO2Si. The van der Waals surface area contributed by atoms with Crippen molar-refractivity contribution in [3.05, 3.63) is 72.7 Å². The largest absolute Gasteiger partial charge is 0.490 e. The third-order valence-corrected chi connectivity index (χ3v) is 13.3. The van der Waals surface area contributed by atoms with E-state index in [1.807, 2.05) is 0 Å². The molecule has 1 aliphatic carbocycles. The van der Waals surface area contributed by atoms with Gasteiger partial charge in [0, 0.05) is 0 Å². The van der Waals surface area contributed by atoms with Gasteiger partial charge in [-0.3, -0.25) is 0 Å². The summed E-state index contributed by atoms with van der Waals surface area (Å²) in [5, 5.41) is 3.02. The molecule has 0 bridgehead atoms. The van der Waals surface area contributed by atoms with Gasteiger partial charge in [0.2, 0.25) is 0 Å². The molecule has 2 nitrogen and oxygen atoms in total. The van der Waals surface area contributed by atoms with E-state index in [2.05, 4.69) is 101 Å². The van der Waals surface area contributed by atoms with Gasteiger partial charge in [-0.05, 0) is 51.0 Å². The van der Waals surface area contributed by atoms with Crippen LogP contribution in [0.25, 0.3) is 0 Å². The summed E-state index contributed by atoms with van der Waals surface area (Å²) in [6.07, 6.45) is 3.67. The second kappa shape index (κ2) is 7.82. The summed E-state index contributed by atoms with van der Waals surface area (Å²) in [7, 11) is -2.30. The molecular weight excluding hydrogens is 383 g/mol. The van der Waals surface area contributed by atoms with Gasteiger partial charge in [0.1, 0.15) is 8.07 Å². The molecule has 158 valence electrons. The van der Waals surface area contributed by atoms with Gasteiger partial charge < -0.3 is 9.31 Å². The Labute approximate surface area is 183 Å². The lowest BCUT2D eigenvalue weighted by atomic mass is 9.71. The standard InChI is InChI=1S/C26H35BO2Si/c1-20(27-28-25(2,3)26(4,5)29-27)23-18-13-19-24(23)30(6,21-14-9-7-10-15-21)22-16-11-8-12-17-22/h7-12,14-17,23-24H,1,13,18-19H2,2-6H3/t23-,24-/m0/s1. The summed E-state index contributed by atoms with van der Waals surface area (Å²) < 4.78 is 12.8. The molecule has 1 heterocycles. The second-order valence-electron chi connectivity index (χ2n) is 10.2. The molecule has 0 aromatic heterocycles.